The number of hydrogen-bond donors (Lipinski definition) is 1. The van der Waals surface area contributed by atoms with Crippen molar-refractivity contribution in [2.75, 3.05) is 5.32 Å². The van der Waals surface area contributed by atoms with Crippen molar-refractivity contribution in [1.29, 1.82) is 0 Å². The van der Waals surface area contributed by atoms with Gasteiger partial charge in [0, 0.05) is 17.3 Å². The van der Waals surface area contributed by atoms with Crippen LogP contribution in [0.3, 0.4) is 0 Å². The molecule has 0 saturated carbocycles. The largest absolute Gasteiger partial charge is 0.436 e. The highest BCUT2D eigenvalue weighted by Crippen LogP contribution is 2.25. The van der Waals surface area contributed by atoms with E-state index in [1.807, 2.05) is 61.5 Å². The molecule has 3 rings (SSSR count). The van der Waals surface area contributed by atoms with E-state index in [0.717, 1.165) is 22.4 Å². The maximum absolute atomic E-state index is 11.7. The van der Waals surface area contributed by atoms with Crippen LogP contribution in [0.1, 0.15) is 6.92 Å². The molecule has 1 heterocycles. The quantitative estimate of drug-likeness (QED) is 0.567. The summed E-state index contributed by atoms with van der Waals surface area (Å²) in [5, 5.41) is 2.80. The first-order valence-electron chi connectivity index (χ1n) is 7.32. The normalized spacial score (nSPS) is 11.5. The number of carbonyl (C=O) groups is 1. The highest BCUT2D eigenvalue weighted by atomic mass is 16.3. The molecule has 1 aromatic heterocycles. The molecule has 4 nitrogen and oxygen atoms in total. The van der Waals surface area contributed by atoms with E-state index in [0.29, 0.717) is 5.89 Å². The number of allylic oxidation sites excluding steroid dienone is 3. The summed E-state index contributed by atoms with van der Waals surface area (Å²) in [6, 6.07) is 15.0. The van der Waals surface area contributed by atoms with Gasteiger partial charge in [-0.25, -0.2) is 4.98 Å². The molecule has 0 aliphatic rings. The van der Waals surface area contributed by atoms with Gasteiger partial charge >= 0.3 is 0 Å². The Morgan fingerprint density at radius 3 is 2.61 bits per heavy atom. The fraction of sp³-hybridized carbons (Fsp3) is 0.0526. The summed E-state index contributed by atoms with van der Waals surface area (Å²) < 4.78 is 5.72. The van der Waals surface area contributed by atoms with Gasteiger partial charge in [0.25, 0.3) is 0 Å². The molecule has 0 unspecified atom stereocenters. The van der Waals surface area contributed by atoms with Crippen molar-refractivity contribution in [2.24, 2.45) is 0 Å². The Kier molecular flexibility index (Phi) is 4.34. The topological polar surface area (TPSA) is 55.1 Å². The lowest BCUT2D eigenvalue weighted by molar-refractivity contribution is -0.111. The predicted molar refractivity (Wildman–Crippen MR) is 92.0 cm³/mol. The first-order valence-corrected chi connectivity index (χ1v) is 7.32. The Balaban J connectivity index is 1.75. The van der Waals surface area contributed by atoms with Crippen LogP contribution in [-0.2, 0) is 4.79 Å². The zero-order chi connectivity index (χ0) is 16.1. The molecule has 0 saturated heterocycles. The van der Waals surface area contributed by atoms with Crippen molar-refractivity contribution in [1.82, 2.24) is 4.98 Å². The number of benzene rings is 2. The van der Waals surface area contributed by atoms with E-state index < -0.39 is 0 Å². The monoisotopic (exact) mass is 304 g/mol. The van der Waals surface area contributed by atoms with Crippen LogP contribution in [-0.4, -0.2) is 10.9 Å². The molecule has 4 heteroatoms. The summed E-state index contributed by atoms with van der Waals surface area (Å²) in [5.74, 6) is 0.398. The van der Waals surface area contributed by atoms with E-state index in [-0.39, 0.29) is 5.91 Å². The van der Waals surface area contributed by atoms with Crippen LogP contribution in [0.5, 0.6) is 0 Å². The average Bonchev–Trinajstić information content (AvgIpc) is 3.00. The molecule has 0 bridgehead atoms. The molecule has 0 aliphatic heterocycles. The summed E-state index contributed by atoms with van der Waals surface area (Å²) in [6.45, 7) is 1.90. The molecule has 1 N–H and O–H groups in total. The van der Waals surface area contributed by atoms with E-state index >= 15 is 0 Å². The summed E-state index contributed by atoms with van der Waals surface area (Å²) in [4.78, 5) is 16.1. The molecule has 3 aromatic rings. The molecule has 0 spiro atoms. The molecule has 0 aliphatic carbocycles. The van der Waals surface area contributed by atoms with Gasteiger partial charge in [-0.3, -0.25) is 4.79 Å². The van der Waals surface area contributed by atoms with E-state index in [2.05, 4.69) is 10.3 Å². The highest BCUT2D eigenvalue weighted by Gasteiger charge is 2.07. The standard InChI is InChI=1S/C19H16N2O2/c1-2-3-4-9-18(22)20-15-12-10-14(11-13-15)19-21-16-7-5-6-8-17(16)23-19/h2-13H,1H3,(H,20,22)/b3-2+,9-4+. The number of para-hydroxylation sites is 2. The van der Waals surface area contributed by atoms with Gasteiger partial charge in [0.1, 0.15) is 5.52 Å². The van der Waals surface area contributed by atoms with Crippen molar-refractivity contribution in [2.45, 2.75) is 6.92 Å². The zero-order valence-corrected chi connectivity index (χ0v) is 12.7. The number of carbonyl (C=O) groups excluding carboxylic acids is 1. The first kappa shape index (κ1) is 14.8. The number of rotatable bonds is 4. The van der Waals surface area contributed by atoms with Gasteiger partial charge in [-0.1, -0.05) is 30.4 Å². The zero-order valence-electron chi connectivity index (χ0n) is 12.7. The van der Waals surface area contributed by atoms with E-state index in [1.54, 1.807) is 12.2 Å². The molecule has 23 heavy (non-hydrogen) atoms. The lowest BCUT2D eigenvalue weighted by atomic mass is 10.2. The summed E-state index contributed by atoms with van der Waals surface area (Å²) in [5.41, 5.74) is 3.17. The molecule has 0 fully saturated rings. The molecule has 2 aromatic carbocycles. The van der Waals surface area contributed by atoms with E-state index in [9.17, 15) is 4.79 Å². The van der Waals surface area contributed by atoms with Gasteiger partial charge in [-0.2, -0.15) is 0 Å². The van der Waals surface area contributed by atoms with Crippen molar-refractivity contribution in [3.05, 3.63) is 72.8 Å². The third kappa shape index (κ3) is 3.55. The Morgan fingerprint density at radius 2 is 1.87 bits per heavy atom. The van der Waals surface area contributed by atoms with Crippen LogP contribution < -0.4 is 5.32 Å². The van der Waals surface area contributed by atoms with Crippen molar-refractivity contribution < 1.29 is 9.21 Å². The van der Waals surface area contributed by atoms with Crippen molar-refractivity contribution in [3.8, 4) is 11.5 Å². The first-order chi connectivity index (χ1) is 11.3. The fourth-order valence-electron chi connectivity index (χ4n) is 2.13. The van der Waals surface area contributed by atoms with Crippen LogP contribution in [0, 0.1) is 0 Å². The maximum atomic E-state index is 11.7. The minimum atomic E-state index is -0.169. The van der Waals surface area contributed by atoms with Crippen molar-refractivity contribution >= 4 is 22.7 Å². The highest BCUT2D eigenvalue weighted by molar-refractivity contribution is 5.99. The second-order valence-electron chi connectivity index (χ2n) is 4.94. The van der Waals surface area contributed by atoms with Crippen molar-refractivity contribution in [3.63, 3.8) is 0 Å². The number of aromatic nitrogens is 1. The van der Waals surface area contributed by atoms with Gasteiger partial charge in [-0.05, 0) is 43.3 Å². The minimum Gasteiger partial charge on any atom is -0.436 e. The van der Waals surface area contributed by atoms with Crippen LogP contribution in [0.4, 0.5) is 5.69 Å². The summed E-state index contributed by atoms with van der Waals surface area (Å²) in [6.07, 6.45) is 6.84. The molecule has 0 atom stereocenters. The molecule has 114 valence electrons. The Bertz CT molecular complexity index is 841. The third-order valence-corrected chi connectivity index (χ3v) is 3.24. The van der Waals surface area contributed by atoms with Gasteiger partial charge in [0.05, 0.1) is 0 Å². The third-order valence-electron chi connectivity index (χ3n) is 3.24. The number of fused-ring (bicyclic) bond motifs is 1. The second-order valence-corrected chi connectivity index (χ2v) is 4.94. The number of amides is 1. The van der Waals surface area contributed by atoms with Crippen LogP contribution >= 0.6 is 0 Å². The number of nitrogens with zero attached hydrogens (tertiary/aromatic N) is 1. The SMILES string of the molecule is C/C=C/C=C/C(=O)Nc1ccc(-c2nc3ccccc3o2)cc1. The number of nitrogens with one attached hydrogen (secondary N) is 1. The number of hydrogen-bond acceptors (Lipinski definition) is 3. The predicted octanol–water partition coefficient (Wildman–Crippen LogP) is 4.57. The Labute approximate surface area is 134 Å². The maximum Gasteiger partial charge on any atom is 0.248 e. The smallest absolute Gasteiger partial charge is 0.248 e. The van der Waals surface area contributed by atoms with Gasteiger partial charge in [0.2, 0.25) is 11.8 Å². The van der Waals surface area contributed by atoms with Crippen LogP contribution in [0.25, 0.3) is 22.6 Å². The Morgan fingerprint density at radius 1 is 1.09 bits per heavy atom. The molecule has 1 amide bonds. The van der Waals surface area contributed by atoms with Gasteiger partial charge in [0.15, 0.2) is 5.58 Å². The lowest BCUT2D eigenvalue weighted by Crippen LogP contribution is -2.07. The second kappa shape index (κ2) is 6.75. The van der Waals surface area contributed by atoms with Gasteiger partial charge in [-0.15, -0.1) is 0 Å². The number of oxazole rings is 1. The van der Waals surface area contributed by atoms with E-state index in [4.69, 9.17) is 4.42 Å². The average molecular weight is 304 g/mol. The molecular weight excluding hydrogens is 288 g/mol. The molecular formula is C19H16N2O2. The van der Waals surface area contributed by atoms with Crippen LogP contribution in [0.2, 0.25) is 0 Å². The lowest BCUT2D eigenvalue weighted by Gasteiger charge is -2.02. The molecule has 0 radical (unpaired) electrons. The minimum absolute atomic E-state index is 0.169. The van der Waals surface area contributed by atoms with Crippen LogP contribution in [0.15, 0.2) is 77.3 Å². The fourth-order valence-corrected chi connectivity index (χ4v) is 2.13. The van der Waals surface area contributed by atoms with E-state index in [1.165, 1.54) is 6.08 Å². The van der Waals surface area contributed by atoms with Gasteiger partial charge < -0.3 is 9.73 Å². The summed E-state index contributed by atoms with van der Waals surface area (Å²) >= 11 is 0. The Hall–Kier alpha value is -3.14. The summed E-state index contributed by atoms with van der Waals surface area (Å²) in [7, 11) is 0. The number of anilines is 1.